The van der Waals surface area contributed by atoms with Crippen molar-refractivity contribution in [1.82, 2.24) is 5.32 Å². The van der Waals surface area contributed by atoms with Gasteiger partial charge in [0.1, 0.15) is 11.5 Å². The van der Waals surface area contributed by atoms with Gasteiger partial charge in [0.25, 0.3) is 5.91 Å². The molecule has 0 aliphatic carbocycles. The lowest BCUT2D eigenvalue weighted by Gasteiger charge is -2.12. The molecule has 0 bridgehead atoms. The number of amides is 1. The summed E-state index contributed by atoms with van der Waals surface area (Å²) in [7, 11) is 0. The van der Waals surface area contributed by atoms with E-state index in [0.717, 1.165) is 22.0 Å². The number of carbonyl (C=O) groups is 1. The minimum absolute atomic E-state index is 0.103. The fourth-order valence-electron chi connectivity index (χ4n) is 2.10. The highest BCUT2D eigenvalue weighted by molar-refractivity contribution is 7.10. The number of carbonyl (C=O) groups excluding carboxylic acids is 1. The first-order valence-corrected chi connectivity index (χ1v) is 7.54. The van der Waals surface area contributed by atoms with Crippen LogP contribution in [0.2, 0.25) is 0 Å². The van der Waals surface area contributed by atoms with Gasteiger partial charge in [0, 0.05) is 10.9 Å². The fraction of sp³-hybridized carbons (Fsp3) is 0.312. The Morgan fingerprint density at radius 3 is 2.86 bits per heavy atom. The number of nitrogens with two attached hydrogens (primary N) is 1. The number of nitrogens with one attached hydrogen (secondary N) is 1. The van der Waals surface area contributed by atoms with Crippen molar-refractivity contribution in [1.29, 1.82) is 0 Å². The van der Waals surface area contributed by atoms with E-state index in [9.17, 15) is 4.79 Å². The van der Waals surface area contributed by atoms with Gasteiger partial charge in [0.05, 0.1) is 23.0 Å². The predicted molar refractivity (Wildman–Crippen MR) is 84.3 cm³/mol. The van der Waals surface area contributed by atoms with Gasteiger partial charge in [0.15, 0.2) is 0 Å². The van der Waals surface area contributed by atoms with E-state index in [1.54, 1.807) is 11.4 Å². The van der Waals surface area contributed by atoms with E-state index in [-0.39, 0.29) is 11.9 Å². The van der Waals surface area contributed by atoms with Crippen molar-refractivity contribution in [2.45, 2.75) is 26.8 Å². The van der Waals surface area contributed by atoms with Crippen molar-refractivity contribution in [2.24, 2.45) is 5.73 Å². The molecule has 2 aromatic rings. The molecular formula is C16H18N2O2S. The first-order chi connectivity index (χ1) is 10.0. The van der Waals surface area contributed by atoms with Crippen molar-refractivity contribution >= 4 is 17.2 Å². The Labute approximate surface area is 128 Å². The largest absolute Gasteiger partial charge is 0.466 e. The molecule has 0 aliphatic heterocycles. The lowest BCUT2D eigenvalue weighted by molar-refractivity contribution is 0.0940. The molecule has 0 aliphatic rings. The molecule has 0 saturated carbocycles. The van der Waals surface area contributed by atoms with E-state index in [4.69, 9.17) is 10.2 Å². The number of furan rings is 1. The fourth-order valence-corrected chi connectivity index (χ4v) is 2.85. The van der Waals surface area contributed by atoms with E-state index in [2.05, 4.69) is 17.2 Å². The minimum atomic E-state index is -0.113. The lowest BCUT2D eigenvalue weighted by Crippen LogP contribution is -2.26. The highest BCUT2D eigenvalue weighted by Crippen LogP contribution is 2.22. The van der Waals surface area contributed by atoms with Crippen LogP contribution in [0, 0.1) is 25.7 Å². The molecule has 2 aromatic heterocycles. The van der Waals surface area contributed by atoms with Crippen LogP contribution in [0.5, 0.6) is 0 Å². The Morgan fingerprint density at radius 1 is 1.48 bits per heavy atom. The van der Waals surface area contributed by atoms with E-state index in [0.29, 0.717) is 12.1 Å². The lowest BCUT2D eigenvalue weighted by atomic mass is 10.1. The van der Waals surface area contributed by atoms with E-state index < -0.39 is 0 Å². The average Bonchev–Trinajstić information content (AvgIpc) is 3.03. The van der Waals surface area contributed by atoms with Gasteiger partial charge < -0.3 is 15.5 Å². The topological polar surface area (TPSA) is 68.3 Å². The summed E-state index contributed by atoms with van der Waals surface area (Å²) < 4.78 is 5.49. The number of aryl methyl sites for hydroxylation is 2. The van der Waals surface area contributed by atoms with Gasteiger partial charge in [-0.3, -0.25) is 4.79 Å². The Balaban J connectivity index is 2.07. The third-order valence-electron chi connectivity index (χ3n) is 3.07. The molecule has 21 heavy (non-hydrogen) atoms. The van der Waals surface area contributed by atoms with Gasteiger partial charge in [-0.25, -0.2) is 0 Å². The monoisotopic (exact) mass is 302 g/mol. The SMILES string of the molecule is Cc1cc(C(C)NC(=O)c2csc(C#CCN)c2)c(C)o1. The maximum atomic E-state index is 12.2. The highest BCUT2D eigenvalue weighted by Gasteiger charge is 2.16. The van der Waals surface area contributed by atoms with Crippen LogP contribution >= 0.6 is 11.3 Å². The maximum absolute atomic E-state index is 12.2. The summed E-state index contributed by atoms with van der Waals surface area (Å²) in [6.07, 6.45) is 0. The quantitative estimate of drug-likeness (QED) is 0.857. The molecule has 2 heterocycles. The number of rotatable bonds is 3. The first kappa shape index (κ1) is 15.4. The second-order valence-corrected chi connectivity index (χ2v) is 5.68. The summed E-state index contributed by atoms with van der Waals surface area (Å²) in [5.41, 5.74) is 6.95. The van der Waals surface area contributed by atoms with Crippen LogP contribution in [0.4, 0.5) is 0 Å². The summed E-state index contributed by atoms with van der Waals surface area (Å²) in [6.45, 7) is 6.05. The molecule has 0 fully saturated rings. The maximum Gasteiger partial charge on any atom is 0.252 e. The number of hydrogen-bond acceptors (Lipinski definition) is 4. The Bertz CT molecular complexity index is 703. The molecule has 0 spiro atoms. The molecule has 110 valence electrons. The van der Waals surface area contributed by atoms with Gasteiger partial charge in [0.2, 0.25) is 0 Å². The molecule has 0 saturated heterocycles. The van der Waals surface area contributed by atoms with Gasteiger partial charge >= 0.3 is 0 Å². The van der Waals surface area contributed by atoms with Crippen LogP contribution in [0.25, 0.3) is 0 Å². The zero-order valence-electron chi connectivity index (χ0n) is 12.3. The Hall–Kier alpha value is -2.03. The Morgan fingerprint density at radius 2 is 2.24 bits per heavy atom. The molecule has 2 rings (SSSR count). The van der Waals surface area contributed by atoms with Gasteiger partial charge in [-0.15, -0.1) is 11.3 Å². The summed E-state index contributed by atoms with van der Waals surface area (Å²) in [4.78, 5) is 13.1. The van der Waals surface area contributed by atoms with Crippen LogP contribution in [-0.2, 0) is 0 Å². The predicted octanol–water partition coefficient (Wildman–Crippen LogP) is 2.76. The summed E-state index contributed by atoms with van der Waals surface area (Å²) >= 11 is 1.44. The zero-order valence-corrected chi connectivity index (χ0v) is 13.1. The van der Waals surface area contributed by atoms with Gasteiger partial charge in [-0.05, 0) is 32.9 Å². The molecule has 0 aromatic carbocycles. The van der Waals surface area contributed by atoms with Crippen LogP contribution in [-0.4, -0.2) is 12.5 Å². The van der Waals surface area contributed by atoms with Crippen molar-refractivity contribution in [3.63, 3.8) is 0 Å². The Kier molecular flexibility index (Phi) is 4.84. The average molecular weight is 302 g/mol. The number of thiophene rings is 1. The summed E-state index contributed by atoms with van der Waals surface area (Å²) in [5, 5.41) is 4.77. The summed E-state index contributed by atoms with van der Waals surface area (Å²) in [6, 6.07) is 3.63. The van der Waals surface area contributed by atoms with Crippen molar-refractivity contribution in [2.75, 3.05) is 6.54 Å². The molecule has 1 unspecified atom stereocenters. The smallest absolute Gasteiger partial charge is 0.252 e. The van der Waals surface area contributed by atoms with E-state index in [1.807, 2.05) is 26.8 Å². The van der Waals surface area contributed by atoms with Crippen molar-refractivity contribution in [3.8, 4) is 11.8 Å². The zero-order chi connectivity index (χ0) is 15.4. The molecule has 1 amide bonds. The number of hydrogen-bond donors (Lipinski definition) is 2. The van der Waals surface area contributed by atoms with Crippen LogP contribution in [0.3, 0.4) is 0 Å². The third kappa shape index (κ3) is 3.75. The normalized spacial score (nSPS) is 11.6. The van der Waals surface area contributed by atoms with E-state index >= 15 is 0 Å². The highest BCUT2D eigenvalue weighted by atomic mass is 32.1. The molecule has 1 atom stereocenters. The third-order valence-corrected chi connectivity index (χ3v) is 3.91. The van der Waals surface area contributed by atoms with Crippen LogP contribution < -0.4 is 11.1 Å². The van der Waals surface area contributed by atoms with Crippen LogP contribution in [0.1, 0.15) is 45.3 Å². The molecule has 0 radical (unpaired) electrons. The second-order valence-electron chi connectivity index (χ2n) is 4.77. The minimum Gasteiger partial charge on any atom is -0.466 e. The van der Waals surface area contributed by atoms with Crippen LogP contribution in [0.15, 0.2) is 21.9 Å². The molecule has 3 N–H and O–H groups in total. The molecule has 4 nitrogen and oxygen atoms in total. The summed E-state index contributed by atoms with van der Waals surface area (Å²) in [5.74, 6) is 7.27. The molecule has 5 heteroatoms. The first-order valence-electron chi connectivity index (χ1n) is 6.66. The van der Waals surface area contributed by atoms with E-state index in [1.165, 1.54) is 11.3 Å². The van der Waals surface area contributed by atoms with Crippen molar-refractivity contribution < 1.29 is 9.21 Å². The van der Waals surface area contributed by atoms with Gasteiger partial charge in [-0.1, -0.05) is 11.8 Å². The second kappa shape index (κ2) is 6.61. The van der Waals surface area contributed by atoms with Gasteiger partial charge in [-0.2, -0.15) is 0 Å². The standard InChI is InChI=1S/C16H18N2O2S/c1-10-7-15(12(3)20-10)11(2)18-16(19)13-8-14(21-9-13)5-4-6-17/h7-9,11H,6,17H2,1-3H3,(H,18,19). The van der Waals surface area contributed by atoms with Crippen molar-refractivity contribution in [3.05, 3.63) is 45.0 Å². The molecular weight excluding hydrogens is 284 g/mol.